The summed E-state index contributed by atoms with van der Waals surface area (Å²) in [6.45, 7) is 34.6. The Balaban J connectivity index is 2.07. The van der Waals surface area contributed by atoms with E-state index in [-0.39, 0.29) is 0 Å². The van der Waals surface area contributed by atoms with Crippen LogP contribution >= 0.6 is 0 Å². The molecule has 0 amide bonds. The molecule has 0 N–H and O–H groups in total. The van der Waals surface area contributed by atoms with Gasteiger partial charge in [-0.25, -0.2) is 0 Å². The van der Waals surface area contributed by atoms with Crippen molar-refractivity contribution in [3.63, 3.8) is 0 Å². The third-order valence-corrected chi connectivity index (χ3v) is 11.0. The molecule has 13 atom stereocenters. The molecule has 3 rings (SSSR count). The fourth-order valence-corrected chi connectivity index (χ4v) is 8.33. The summed E-state index contributed by atoms with van der Waals surface area (Å²) >= 11 is 0. The van der Waals surface area contributed by atoms with Gasteiger partial charge in [-0.15, -0.1) is 0 Å². The smallest absolute Gasteiger partial charge is 0.0101 e. The molecule has 3 fully saturated rings. The van der Waals surface area contributed by atoms with Crippen molar-refractivity contribution in [2.75, 3.05) is 0 Å². The maximum Gasteiger partial charge on any atom is -0.0101 e. The van der Waals surface area contributed by atoms with Gasteiger partial charge in [0.15, 0.2) is 0 Å². The summed E-state index contributed by atoms with van der Waals surface area (Å²) < 4.78 is 0. The maximum absolute atomic E-state index is 4.83. The van der Waals surface area contributed by atoms with Crippen molar-refractivity contribution < 1.29 is 0 Å². The Morgan fingerprint density at radius 3 is 1.54 bits per heavy atom. The quantitative estimate of drug-likeness (QED) is 0.423. The number of allylic oxidation sites excluding steroid dienone is 2. The molecular formula is C28H48. The van der Waals surface area contributed by atoms with E-state index in [4.69, 9.17) is 13.2 Å². The number of fused-ring (bicyclic) bond motifs is 3. The summed E-state index contributed by atoms with van der Waals surface area (Å²) in [5.41, 5.74) is 3.15. The molecule has 0 aromatic heterocycles. The van der Waals surface area contributed by atoms with E-state index in [1.807, 2.05) is 0 Å². The average molecular weight is 385 g/mol. The Bertz CT molecular complexity index is 612. The fourth-order valence-electron chi connectivity index (χ4n) is 8.33. The molecule has 0 heterocycles. The average Bonchev–Trinajstić information content (AvgIpc) is 2.64. The second-order valence-corrected chi connectivity index (χ2v) is 11.9. The van der Waals surface area contributed by atoms with E-state index in [9.17, 15) is 0 Å². The molecule has 13 unspecified atom stereocenters. The predicted octanol–water partition coefficient (Wildman–Crippen LogP) is 7.97. The largest absolute Gasteiger partial charge is 0.0993 e. The van der Waals surface area contributed by atoms with Crippen LogP contribution in [0.25, 0.3) is 0 Å². The number of hydrogen-bond acceptors (Lipinski definition) is 0. The summed E-state index contributed by atoms with van der Waals surface area (Å²) in [6, 6.07) is 0. The molecule has 160 valence electrons. The van der Waals surface area contributed by atoms with Crippen LogP contribution in [0, 0.1) is 82.9 Å². The van der Waals surface area contributed by atoms with Crippen LogP contribution in [0.5, 0.6) is 0 Å². The van der Waals surface area contributed by atoms with Gasteiger partial charge in [0.2, 0.25) is 0 Å². The molecule has 28 heavy (non-hydrogen) atoms. The molecular weight excluding hydrogens is 336 g/mol. The van der Waals surface area contributed by atoms with Gasteiger partial charge in [0.05, 0.1) is 0 Å². The molecule has 0 radical (unpaired) electrons. The normalized spacial score (nSPS) is 53.0. The third kappa shape index (κ3) is 2.99. The summed E-state index contributed by atoms with van der Waals surface area (Å²) in [6.07, 6.45) is 0. The highest BCUT2D eigenvalue weighted by Gasteiger charge is 2.59. The number of rotatable bonds is 2. The van der Waals surface area contributed by atoms with Gasteiger partial charge >= 0.3 is 0 Å². The van der Waals surface area contributed by atoms with Crippen molar-refractivity contribution in [2.45, 2.75) is 69.2 Å². The van der Waals surface area contributed by atoms with Crippen LogP contribution in [0.3, 0.4) is 0 Å². The minimum absolute atomic E-state index is 0.574. The van der Waals surface area contributed by atoms with E-state index in [1.165, 1.54) is 0 Å². The Kier molecular flexibility index (Phi) is 6.04. The minimum Gasteiger partial charge on any atom is -0.0993 e. The van der Waals surface area contributed by atoms with Crippen LogP contribution in [0.4, 0.5) is 0 Å². The highest BCUT2D eigenvalue weighted by molar-refractivity contribution is 5.30. The van der Waals surface area contributed by atoms with Gasteiger partial charge in [-0.05, 0) is 82.9 Å². The van der Waals surface area contributed by atoms with Crippen LogP contribution in [0.1, 0.15) is 69.2 Å². The predicted molar refractivity (Wildman–Crippen MR) is 124 cm³/mol. The zero-order chi connectivity index (χ0) is 21.2. The third-order valence-electron chi connectivity index (χ3n) is 11.0. The van der Waals surface area contributed by atoms with E-state index >= 15 is 0 Å². The molecule has 0 saturated heterocycles. The first-order valence-corrected chi connectivity index (χ1v) is 12.3. The minimum atomic E-state index is 0.574. The van der Waals surface area contributed by atoms with Crippen molar-refractivity contribution in [1.82, 2.24) is 0 Å². The Hall–Kier alpha value is -0.520. The van der Waals surface area contributed by atoms with Gasteiger partial charge < -0.3 is 0 Å². The van der Waals surface area contributed by atoms with Crippen LogP contribution in [-0.4, -0.2) is 0 Å². The van der Waals surface area contributed by atoms with Gasteiger partial charge in [0.1, 0.15) is 0 Å². The van der Waals surface area contributed by atoms with Crippen molar-refractivity contribution >= 4 is 0 Å². The van der Waals surface area contributed by atoms with Gasteiger partial charge in [-0.3, -0.25) is 0 Å². The lowest BCUT2D eigenvalue weighted by Crippen LogP contribution is -2.58. The second-order valence-electron chi connectivity index (χ2n) is 11.9. The lowest BCUT2D eigenvalue weighted by molar-refractivity contribution is -0.110. The zero-order valence-corrected chi connectivity index (χ0v) is 20.5. The van der Waals surface area contributed by atoms with E-state index in [0.717, 1.165) is 47.3 Å². The highest BCUT2D eigenvalue weighted by Crippen LogP contribution is 2.65. The lowest BCUT2D eigenvalue weighted by atomic mass is 9.41. The molecule has 3 saturated carbocycles. The fraction of sp³-hybridized carbons (Fsp3) is 0.857. The van der Waals surface area contributed by atoms with E-state index in [1.54, 1.807) is 11.1 Å². The molecule has 0 bridgehead atoms. The van der Waals surface area contributed by atoms with Crippen LogP contribution < -0.4 is 0 Å². The lowest BCUT2D eigenvalue weighted by Gasteiger charge is -2.63. The summed E-state index contributed by atoms with van der Waals surface area (Å²) in [7, 11) is 0. The number of hydrogen-bond donors (Lipinski definition) is 0. The van der Waals surface area contributed by atoms with Crippen molar-refractivity contribution in [1.29, 1.82) is 0 Å². The Morgan fingerprint density at radius 2 is 1.04 bits per heavy atom. The van der Waals surface area contributed by atoms with Crippen molar-refractivity contribution in [3.05, 3.63) is 24.3 Å². The van der Waals surface area contributed by atoms with E-state index in [2.05, 4.69) is 69.2 Å². The SMILES string of the molecule is C=C1C(C(C)C(C)C)C(C)C(=C)C2C1C(C)C(C)C1C(C)C(C)C(C)C(C)C21. The first-order chi connectivity index (χ1) is 12.9. The van der Waals surface area contributed by atoms with Crippen LogP contribution in [0.2, 0.25) is 0 Å². The molecule has 3 aliphatic carbocycles. The van der Waals surface area contributed by atoms with Gasteiger partial charge in [0, 0.05) is 0 Å². The Labute approximate surface area is 176 Å². The van der Waals surface area contributed by atoms with Crippen LogP contribution in [-0.2, 0) is 0 Å². The molecule has 0 aromatic rings. The van der Waals surface area contributed by atoms with Gasteiger partial charge in [-0.2, -0.15) is 0 Å². The molecule has 0 aromatic carbocycles. The van der Waals surface area contributed by atoms with Crippen molar-refractivity contribution in [2.24, 2.45) is 82.9 Å². The van der Waals surface area contributed by atoms with E-state index < -0.39 is 0 Å². The van der Waals surface area contributed by atoms with E-state index in [0.29, 0.717) is 35.5 Å². The first-order valence-electron chi connectivity index (χ1n) is 12.3. The summed E-state index contributed by atoms with van der Waals surface area (Å²) in [4.78, 5) is 0. The molecule has 3 aliphatic rings. The van der Waals surface area contributed by atoms with Crippen molar-refractivity contribution in [3.8, 4) is 0 Å². The summed E-state index contributed by atoms with van der Waals surface area (Å²) in [5.74, 6) is 10.2. The summed E-state index contributed by atoms with van der Waals surface area (Å²) in [5, 5.41) is 0. The van der Waals surface area contributed by atoms with Crippen LogP contribution in [0.15, 0.2) is 24.3 Å². The van der Waals surface area contributed by atoms with Gasteiger partial charge in [-0.1, -0.05) is 93.5 Å². The topological polar surface area (TPSA) is 0 Å². The monoisotopic (exact) mass is 384 g/mol. The molecule has 0 nitrogen and oxygen atoms in total. The zero-order valence-electron chi connectivity index (χ0n) is 20.5. The molecule has 0 spiro atoms. The maximum atomic E-state index is 4.83. The highest BCUT2D eigenvalue weighted by atomic mass is 14.6. The second kappa shape index (κ2) is 7.63. The molecule has 0 heteroatoms. The molecule has 0 aliphatic heterocycles. The first kappa shape index (κ1) is 22.2. The van der Waals surface area contributed by atoms with Gasteiger partial charge in [0.25, 0.3) is 0 Å². The Morgan fingerprint density at radius 1 is 0.571 bits per heavy atom. The standard InChI is InChI=1S/C28H48/c1-13(2)14(3)24-19(8)22(11)28-26(23(24)12)21(10)20(9)25-17(6)15(4)16(5)18(7)27(25)28/h13-21,24-28H,11-12H2,1-10H3.